The Labute approximate surface area is 149 Å². The number of nitrogens with one attached hydrogen (secondary N) is 1. The third kappa shape index (κ3) is 3.48. The van der Waals surface area contributed by atoms with Crippen molar-refractivity contribution in [3.05, 3.63) is 35.0 Å². The Bertz CT molecular complexity index is 761. The third-order valence-electron chi connectivity index (χ3n) is 4.59. The van der Waals surface area contributed by atoms with E-state index in [0.717, 1.165) is 42.5 Å². The van der Waals surface area contributed by atoms with E-state index in [4.69, 9.17) is 9.47 Å². The molecule has 1 aliphatic heterocycles. The first kappa shape index (κ1) is 17.3. The number of ether oxygens (including phenoxy) is 2. The molecule has 1 aliphatic rings. The lowest BCUT2D eigenvalue weighted by Gasteiger charge is -2.31. The lowest BCUT2D eigenvalue weighted by Crippen LogP contribution is -2.31. The molecule has 0 saturated carbocycles. The molecule has 0 radical (unpaired) electrons. The number of nitrogens with zero attached hydrogens (tertiary/aromatic N) is 3. The van der Waals surface area contributed by atoms with Crippen molar-refractivity contribution >= 4 is 11.8 Å². The van der Waals surface area contributed by atoms with E-state index in [1.807, 2.05) is 7.05 Å². The second-order valence-electron chi connectivity index (χ2n) is 6.53. The molecule has 6 heteroatoms. The van der Waals surface area contributed by atoms with Gasteiger partial charge in [-0.3, -0.25) is 0 Å². The van der Waals surface area contributed by atoms with Crippen LogP contribution < -0.4 is 19.7 Å². The topological polar surface area (TPSA) is 59.5 Å². The summed E-state index contributed by atoms with van der Waals surface area (Å²) in [4.78, 5) is 11.5. The summed E-state index contributed by atoms with van der Waals surface area (Å²) in [6, 6.07) is 6.26. The highest BCUT2D eigenvalue weighted by molar-refractivity contribution is 5.53. The van der Waals surface area contributed by atoms with Gasteiger partial charge in [-0.25, -0.2) is 4.98 Å². The summed E-state index contributed by atoms with van der Waals surface area (Å²) in [6.07, 6.45) is 0.950. The number of benzene rings is 1. The van der Waals surface area contributed by atoms with Crippen LogP contribution in [0.3, 0.4) is 0 Å². The summed E-state index contributed by atoms with van der Waals surface area (Å²) >= 11 is 0. The zero-order valence-corrected chi connectivity index (χ0v) is 15.6. The highest BCUT2D eigenvalue weighted by atomic mass is 16.5. The maximum Gasteiger partial charge on any atom is 0.224 e. The van der Waals surface area contributed by atoms with E-state index in [1.54, 1.807) is 14.2 Å². The minimum atomic E-state index is 0.357. The van der Waals surface area contributed by atoms with Crippen molar-refractivity contribution < 1.29 is 9.47 Å². The number of anilines is 2. The maximum absolute atomic E-state index is 5.45. The van der Waals surface area contributed by atoms with Gasteiger partial charge in [0.2, 0.25) is 5.95 Å². The van der Waals surface area contributed by atoms with Crippen LogP contribution in [0.2, 0.25) is 0 Å². The Balaban J connectivity index is 1.93. The van der Waals surface area contributed by atoms with Crippen molar-refractivity contribution in [2.45, 2.75) is 32.7 Å². The summed E-state index contributed by atoms with van der Waals surface area (Å²) in [5, 5.41) is 3.07. The lowest BCUT2D eigenvalue weighted by molar-refractivity contribution is 0.353. The molecule has 0 saturated heterocycles. The number of hydrogen-bond acceptors (Lipinski definition) is 6. The van der Waals surface area contributed by atoms with Crippen molar-refractivity contribution in [2.24, 2.45) is 0 Å². The van der Waals surface area contributed by atoms with E-state index in [1.165, 1.54) is 11.1 Å². The molecule has 1 aromatic carbocycles. The zero-order valence-electron chi connectivity index (χ0n) is 15.6. The van der Waals surface area contributed by atoms with Crippen LogP contribution in [0.1, 0.15) is 36.6 Å². The predicted molar refractivity (Wildman–Crippen MR) is 100.0 cm³/mol. The fraction of sp³-hybridized carbons (Fsp3) is 0.474. The smallest absolute Gasteiger partial charge is 0.224 e. The van der Waals surface area contributed by atoms with Crippen LogP contribution >= 0.6 is 0 Å². The molecule has 0 aliphatic carbocycles. The average Bonchev–Trinajstić information content (AvgIpc) is 2.65. The summed E-state index contributed by atoms with van der Waals surface area (Å²) in [5.41, 5.74) is 3.60. The Kier molecular flexibility index (Phi) is 4.97. The van der Waals surface area contributed by atoms with Gasteiger partial charge in [0.25, 0.3) is 0 Å². The first-order valence-corrected chi connectivity index (χ1v) is 8.61. The molecule has 2 aromatic rings. The fourth-order valence-corrected chi connectivity index (χ4v) is 3.10. The van der Waals surface area contributed by atoms with Gasteiger partial charge in [0, 0.05) is 26.2 Å². The second kappa shape index (κ2) is 7.17. The van der Waals surface area contributed by atoms with Gasteiger partial charge >= 0.3 is 0 Å². The molecule has 0 atom stereocenters. The molecule has 0 spiro atoms. The molecule has 0 unspecified atom stereocenters. The number of aromatic nitrogens is 2. The Morgan fingerprint density at radius 1 is 1.04 bits per heavy atom. The minimum Gasteiger partial charge on any atom is -0.493 e. The molecule has 25 heavy (non-hydrogen) atoms. The number of hydrogen-bond donors (Lipinski definition) is 1. The molecule has 134 valence electrons. The van der Waals surface area contributed by atoms with E-state index in [9.17, 15) is 0 Å². The van der Waals surface area contributed by atoms with Crippen molar-refractivity contribution in [3.8, 4) is 11.5 Å². The van der Waals surface area contributed by atoms with Crippen molar-refractivity contribution in [1.82, 2.24) is 9.97 Å². The average molecular weight is 342 g/mol. The van der Waals surface area contributed by atoms with Crippen molar-refractivity contribution in [1.29, 1.82) is 0 Å². The highest BCUT2D eigenvalue weighted by Gasteiger charge is 2.21. The molecule has 2 heterocycles. The lowest BCUT2D eigenvalue weighted by atomic mass is 9.98. The Hall–Kier alpha value is -2.50. The summed E-state index contributed by atoms with van der Waals surface area (Å²) in [7, 11) is 5.20. The van der Waals surface area contributed by atoms with Gasteiger partial charge in [-0.15, -0.1) is 0 Å². The van der Waals surface area contributed by atoms with Crippen LogP contribution in [0.4, 0.5) is 11.8 Å². The fourth-order valence-electron chi connectivity index (χ4n) is 3.10. The van der Waals surface area contributed by atoms with Gasteiger partial charge in [-0.1, -0.05) is 13.8 Å². The zero-order chi connectivity index (χ0) is 18.0. The van der Waals surface area contributed by atoms with E-state index in [-0.39, 0.29) is 0 Å². The van der Waals surface area contributed by atoms with Crippen LogP contribution in [0.5, 0.6) is 11.5 Å². The SMILES string of the molecule is CNc1nc(C(C)C)cc(N2CCc3cc(OC)c(OC)cc3C2)n1. The molecule has 0 fully saturated rings. The minimum absolute atomic E-state index is 0.357. The molecule has 1 N–H and O–H groups in total. The maximum atomic E-state index is 5.45. The normalized spacial score (nSPS) is 13.6. The first-order valence-electron chi connectivity index (χ1n) is 8.61. The van der Waals surface area contributed by atoms with Crippen LogP contribution in [0, 0.1) is 0 Å². The van der Waals surface area contributed by atoms with Gasteiger partial charge in [0.05, 0.1) is 19.9 Å². The summed E-state index contributed by atoms with van der Waals surface area (Å²) < 4.78 is 10.9. The van der Waals surface area contributed by atoms with Crippen LogP contribution in [0.15, 0.2) is 18.2 Å². The van der Waals surface area contributed by atoms with Gasteiger partial charge in [-0.05, 0) is 35.6 Å². The van der Waals surface area contributed by atoms with Crippen LogP contribution in [-0.4, -0.2) is 37.8 Å². The first-order chi connectivity index (χ1) is 12.0. The Morgan fingerprint density at radius 2 is 1.72 bits per heavy atom. The second-order valence-corrected chi connectivity index (χ2v) is 6.53. The largest absolute Gasteiger partial charge is 0.493 e. The molecule has 3 rings (SSSR count). The summed E-state index contributed by atoms with van der Waals surface area (Å²) in [5.74, 6) is 3.54. The van der Waals surface area contributed by atoms with Gasteiger partial charge < -0.3 is 19.7 Å². The van der Waals surface area contributed by atoms with E-state index in [0.29, 0.717) is 11.9 Å². The molecule has 0 amide bonds. The number of fused-ring (bicyclic) bond motifs is 1. The van der Waals surface area contributed by atoms with Crippen LogP contribution in [-0.2, 0) is 13.0 Å². The molecular formula is C19H26N4O2. The standard InChI is InChI=1S/C19H26N4O2/c1-12(2)15-10-18(22-19(20-3)21-15)23-7-6-13-8-16(24-4)17(25-5)9-14(13)11-23/h8-10,12H,6-7,11H2,1-5H3,(H,20,21,22). The van der Waals surface area contributed by atoms with E-state index >= 15 is 0 Å². The van der Waals surface area contributed by atoms with Gasteiger partial charge in [-0.2, -0.15) is 4.98 Å². The van der Waals surface area contributed by atoms with Crippen molar-refractivity contribution in [3.63, 3.8) is 0 Å². The molecule has 6 nitrogen and oxygen atoms in total. The van der Waals surface area contributed by atoms with Gasteiger partial charge in [0.15, 0.2) is 11.5 Å². The summed E-state index contributed by atoms with van der Waals surface area (Å²) in [6.45, 7) is 6.01. The molecule has 0 bridgehead atoms. The van der Waals surface area contributed by atoms with Gasteiger partial charge in [0.1, 0.15) is 5.82 Å². The highest BCUT2D eigenvalue weighted by Crippen LogP contribution is 2.34. The monoisotopic (exact) mass is 342 g/mol. The van der Waals surface area contributed by atoms with Crippen molar-refractivity contribution in [2.75, 3.05) is 38.0 Å². The Morgan fingerprint density at radius 3 is 2.32 bits per heavy atom. The number of rotatable bonds is 5. The molecule has 1 aromatic heterocycles. The predicted octanol–water partition coefficient (Wildman–Crippen LogP) is 3.22. The third-order valence-corrected chi connectivity index (χ3v) is 4.59. The number of methoxy groups -OCH3 is 2. The van der Waals surface area contributed by atoms with Crippen LogP contribution in [0.25, 0.3) is 0 Å². The molecular weight excluding hydrogens is 316 g/mol. The quantitative estimate of drug-likeness (QED) is 0.900. The van der Waals surface area contributed by atoms with E-state index in [2.05, 4.69) is 52.2 Å². The van der Waals surface area contributed by atoms with E-state index < -0.39 is 0 Å².